The van der Waals surface area contributed by atoms with Gasteiger partial charge in [-0.15, -0.1) is 0 Å². The van der Waals surface area contributed by atoms with Crippen LogP contribution in [0, 0.1) is 0 Å². The molecule has 0 N–H and O–H groups in total. The van der Waals surface area contributed by atoms with Gasteiger partial charge in [0.05, 0.1) is 8.96 Å². The molecule has 0 bridgehead atoms. The van der Waals surface area contributed by atoms with Crippen LogP contribution in [-0.2, 0) is 0 Å². The molecule has 0 atom stereocenters. The summed E-state index contributed by atoms with van der Waals surface area (Å²) in [4.78, 5) is 0. The third-order valence-corrected chi connectivity index (χ3v) is 3.23. The molecular weight excluding hydrogens is 344 g/mol. The minimum absolute atomic E-state index is 0.775. The molecule has 0 fully saturated rings. The van der Waals surface area contributed by atoms with Crippen LogP contribution in [0.4, 0.5) is 0 Å². The van der Waals surface area contributed by atoms with Gasteiger partial charge in [0.1, 0.15) is 11.5 Å². The highest BCUT2D eigenvalue weighted by molar-refractivity contribution is 9.12. The maximum absolute atomic E-state index is 5.85. The maximum Gasteiger partial charge on any atom is 0.141 e. The van der Waals surface area contributed by atoms with Gasteiger partial charge in [0.2, 0.25) is 0 Å². The van der Waals surface area contributed by atoms with Crippen molar-refractivity contribution in [3.8, 4) is 5.75 Å². The summed E-state index contributed by atoms with van der Waals surface area (Å²) in [5.41, 5.74) is 0. The Labute approximate surface area is 119 Å². The Balaban J connectivity index is 3.04. The molecule has 1 nitrogen and oxygen atoms in total. The molecule has 1 aromatic carbocycles. The van der Waals surface area contributed by atoms with E-state index in [4.69, 9.17) is 4.74 Å². The summed E-state index contributed by atoms with van der Waals surface area (Å²) >= 11 is 6.95. The molecule has 17 heavy (non-hydrogen) atoms. The summed E-state index contributed by atoms with van der Waals surface area (Å²) in [7, 11) is 0. The van der Waals surface area contributed by atoms with Crippen molar-refractivity contribution >= 4 is 31.9 Å². The monoisotopic (exact) mass is 356 g/mol. The molecule has 90 valence electrons. The molecule has 0 amide bonds. The fourth-order valence-corrected chi connectivity index (χ4v) is 2.03. The van der Waals surface area contributed by atoms with Crippen molar-refractivity contribution in [2.24, 2.45) is 0 Å². The second-order valence-electron chi connectivity index (χ2n) is 3.24. The van der Waals surface area contributed by atoms with E-state index in [9.17, 15) is 0 Å². The molecule has 0 spiro atoms. The Hall–Kier alpha value is -0.800. The van der Waals surface area contributed by atoms with Crippen LogP contribution >= 0.6 is 31.9 Å². The number of allylic oxidation sites excluding steroid dienone is 5. The molecule has 0 aromatic heterocycles. The van der Waals surface area contributed by atoms with Crippen molar-refractivity contribution in [3.63, 3.8) is 0 Å². The molecule has 0 heterocycles. The number of para-hydroxylation sites is 1. The first kappa shape index (κ1) is 14.3. The van der Waals surface area contributed by atoms with Crippen molar-refractivity contribution in [2.75, 3.05) is 0 Å². The summed E-state index contributed by atoms with van der Waals surface area (Å²) in [5, 5.41) is 0. The topological polar surface area (TPSA) is 9.23 Å². The molecule has 3 heteroatoms. The van der Waals surface area contributed by atoms with Crippen LogP contribution in [0.15, 0.2) is 63.3 Å². The summed E-state index contributed by atoms with van der Waals surface area (Å²) in [6.07, 6.45) is 7.77. The third kappa shape index (κ3) is 4.52. The standard InChI is InChI=1S/C14H14Br2O/c1-3-7-11(15)13(8-4-2)17-14-10-6-5-9-12(14)16/h3-10H,1-2H3/b7-3-,8-4-,13-11-. The zero-order chi connectivity index (χ0) is 12.7. The molecule has 0 aliphatic carbocycles. The third-order valence-electron chi connectivity index (χ3n) is 1.92. The van der Waals surface area contributed by atoms with Gasteiger partial charge in [-0.25, -0.2) is 0 Å². The van der Waals surface area contributed by atoms with Gasteiger partial charge < -0.3 is 4.74 Å². The lowest BCUT2D eigenvalue weighted by atomic mass is 10.3. The Kier molecular flexibility index (Phi) is 6.30. The van der Waals surface area contributed by atoms with E-state index in [1.807, 2.05) is 62.4 Å². The minimum atomic E-state index is 0.775. The smallest absolute Gasteiger partial charge is 0.141 e. The first-order valence-corrected chi connectivity index (χ1v) is 6.85. The van der Waals surface area contributed by atoms with E-state index in [0.717, 1.165) is 20.5 Å². The minimum Gasteiger partial charge on any atom is -0.455 e. The second kappa shape index (κ2) is 7.51. The van der Waals surface area contributed by atoms with Crippen molar-refractivity contribution in [3.05, 3.63) is 63.3 Å². The van der Waals surface area contributed by atoms with Gasteiger partial charge in [0.15, 0.2) is 0 Å². The second-order valence-corrected chi connectivity index (χ2v) is 4.95. The lowest BCUT2D eigenvalue weighted by Crippen LogP contribution is -1.94. The Bertz CT molecular complexity index is 459. The van der Waals surface area contributed by atoms with E-state index >= 15 is 0 Å². The highest BCUT2D eigenvalue weighted by Crippen LogP contribution is 2.28. The van der Waals surface area contributed by atoms with E-state index in [-0.39, 0.29) is 0 Å². The first-order chi connectivity index (χ1) is 8.19. The van der Waals surface area contributed by atoms with Crippen LogP contribution in [0.25, 0.3) is 0 Å². The average Bonchev–Trinajstić information content (AvgIpc) is 2.31. The zero-order valence-corrected chi connectivity index (χ0v) is 13.0. The maximum atomic E-state index is 5.85. The van der Waals surface area contributed by atoms with Gasteiger partial charge in [0, 0.05) is 0 Å². The van der Waals surface area contributed by atoms with Crippen LogP contribution in [0.1, 0.15) is 13.8 Å². The lowest BCUT2D eigenvalue weighted by molar-refractivity contribution is 0.440. The number of benzene rings is 1. The molecule has 0 aliphatic heterocycles. The van der Waals surface area contributed by atoms with E-state index < -0.39 is 0 Å². The van der Waals surface area contributed by atoms with Crippen molar-refractivity contribution in [1.29, 1.82) is 0 Å². The van der Waals surface area contributed by atoms with Crippen LogP contribution in [0.5, 0.6) is 5.75 Å². The summed E-state index contributed by atoms with van der Waals surface area (Å²) in [6, 6.07) is 7.77. The molecule has 0 saturated carbocycles. The SMILES string of the molecule is C\C=C/C(Br)=C(\C=C/C)Oc1ccccc1Br. The molecular formula is C14H14Br2O. The van der Waals surface area contributed by atoms with Crippen LogP contribution in [-0.4, -0.2) is 0 Å². The van der Waals surface area contributed by atoms with Crippen LogP contribution in [0.2, 0.25) is 0 Å². The largest absolute Gasteiger partial charge is 0.455 e. The van der Waals surface area contributed by atoms with Gasteiger partial charge in [-0.1, -0.05) is 24.3 Å². The fourth-order valence-electron chi connectivity index (χ4n) is 1.19. The number of hydrogen-bond donors (Lipinski definition) is 0. The van der Waals surface area contributed by atoms with Crippen molar-refractivity contribution in [2.45, 2.75) is 13.8 Å². The van der Waals surface area contributed by atoms with Crippen molar-refractivity contribution < 1.29 is 4.74 Å². The van der Waals surface area contributed by atoms with Crippen LogP contribution in [0.3, 0.4) is 0 Å². The zero-order valence-electron chi connectivity index (χ0n) is 9.78. The first-order valence-electron chi connectivity index (χ1n) is 5.26. The number of ether oxygens (including phenoxy) is 1. The van der Waals surface area contributed by atoms with Crippen LogP contribution < -0.4 is 4.74 Å². The van der Waals surface area contributed by atoms with Gasteiger partial charge in [-0.3, -0.25) is 0 Å². The van der Waals surface area contributed by atoms with Gasteiger partial charge in [0.25, 0.3) is 0 Å². The number of rotatable bonds is 4. The Morgan fingerprint density at radius 1 is 1.12 bits per heavy atom. The summed E-state index contributed by atoms with van der Waals surface area (Å²) in [6.45, 7) is 3.92. The number of halogens is 2. The molecule has 0 saturated heterocycles. The molecule has 0 radical (unpaired) electrons. The average molecular weight is 358 g/mol. The Morgan fingerprint density at radius 2 is 1.76 bits per heavy atom. The number of hydrogen-bond acceptors (Lipinski definition) is 1. The van der Waals surface area contributed by atoms with Gasteiger partial charge >= 0.3 is 0 Å². The van der Waals surface area contributed by atoms with E-state index in [1.54, 1.807) is 0 Å². The van der Waals surface area contributed by atoms with Gasteiger partial charge in [-0.2, -0.15) is 0 Å². The predicted octanol–water partition coefficient (Wildman–Crippen LogP) is 5.59. The van der Waals surface area contributed by atoms with E-state index in [1.165, 1.54) is 0 Å². The quantitative estimate of drug-likeness (QED) is 0.504. The highest BCUT2D eigenvalue weighted by atomic mass is 79.9. The highest BCUT2D eigenvalue weighted by Gasteiger charge is 2.04. The summed E-state index contributed by atoms with van der Waals surface area (Å²) in [5.74, 6) is 1.57. The molecule has 0 aliphatic rings. The predicted molar refractivity (Wildman–Crippen MR) is 80.4 cm³/mol. The lowest BCUT2D eigenvalue weighted by Gasteiger charge is -2.09. The molecule has 1 rings (SSSR count). The molecule has 0 unspecified atom stereocenters. The van der Waals surface area contributed by atoms with Gasteiger partial charge in [-0.05, 0) is 70.0 Å². The van der Waals surface area contributed by atoms with Crippen molar-refractivity contribution in [1.82, 2.24) is 0 Å². The Morgan fingerprint density at radius 3 is 2.35 bits per heavy atom. The fraction of sp³-hybridized carbons (Fsp3) is 0.143. The normalized spacial score (nSPS) is 13.2. The van der Waals surface area contributed by atoms with E-state index in [0.29, 0.717) is 0 Å². The summed E-state index contributed by atoms with van der Waals surface area (Å²) < 4.78 is 7.69. The van der Waals surface area contributed by atoms with E-state index in [2.05, 4.69) is 31.9 Å². The molecule has 1 aromatic rings.